The van der Waals surface area contributed by atoms with Gasteiger partial charge in [-0.05, 0) is 30.2 Å². The average molecular weight is 178 g/mol. The van der Waals surface area contributed by atoms with Crippen LogP contribution >= 0.6 is 0 Å². The highest BCUT2D eigenvalue weighted by molar-refractivity contribution is 5.53. The van der Waals surface area contributed by atoms with Crippen LogP contribution in [-0.2, 0) is 0 Å². The fourth-order valence-electron chi connectivity index (χ4n) is 1.19. The molecule has 0 spiro atoms. The molecule has 0 aliphatic rings. The van der Waals surface area contributed by atoms with Crippen LogP contribution in [0.25, 0.3) is 6.08 Å². The number of aliphatic hydroxyl groups excluding tert-OH is 1. The maximum absolute atomic E-state index is 8.59. The first-order chi connectivity index (χ1) is 6.27. The van der Waals surface area contributed by atoms with Crippen molar-refractivity contribution in [3.63, 3.8) is 0 Å². The van der Waals surface area contributed by atoms with Crippen LogP contribution in [0.4, 0.5) is 0 Å². The molecule has 0 fully saturated rings. The number of aliphatic hydroxyl groups is 1. The maximum atomic E-state index is 8.59. The molecular weight excluding hydrogens is 164 g/mol. The Morgan fingerprint density at radius 2 is 2.23 bits per heavy atom. The summed E-state index contributed by atoms with van der Waals surface area (Å²) in [5.41, 5.74) is 2.18. The lowest BCUT2D eigenvalue weighted by Gasteiger charge is -2.04. The molecule has 0 aliphatic heterocycles. The fraction of sp³-hybridized carbons (Fsp3) is 0.273. The van der Waals surface area contributed by atoms with Crippen molar-refractivity contribution in [3.8, 4) is 5.75 Å². The fourth-order valence-corrected chi connectivity index (χ4v) is 1.19. The predicted octanol–water partition coefficient (Wildman–Crippen LogP) is 2.01. The second-order valence-electron chi connectivity index (χ2n) is 2.81. The molecule has 0 aliphatic carbocycles. The summed E-state index contributed by atoms with van der Waals surface area (Å²) < 4.78 is 5.13. The number of rotatable bonds is 3. The number of hydrogen-bond acceptors (Lipinski definition) is 2. The summed E-state index contributed by atoms with van der Waals surface area (Å²) in [6, 6.07) is 5.90. The zero-order valence-electron chi connectivity index (χ0n) is 7.95. The first-order valence-corrected chi connectivity index (χ1v) is 4.20. The van der Waals surface area contributed by atoms with E-state index in [-0.39, 0.29) is 6.61 Å². The van der Waals surface area contributed by atoms with Gasteiger partial charge in [-0.1, -0.05) is 18.2 Å². The number of benzene rings is 1. The van der Waals surface area contributed by atoms with Crippen LogP contribution in [0, 0.1) is 6.92 Å². The molecule has 0 bridgehead atoms. The number of ether oxygens (including phenoxy) is 1. The van der Waals surface area contributed by atoms with Gasteiger partial charge in [-0.15, -0.1) is 0 Å². The van der Waals surface area contributed by atoms with Crippen molar-refractivity contribution in [2.75, 3.05) is 13.7 Å². The van der Waals surface area contributed by atoms with Gasteiger partial charge in [0, 0.05) is 0 Å². The molecule has 0 saturated heterocycles. The van der Waals surface area contributed by atoms with Crippen molar-refractivity contribution >= 4 is 6.08 Å². The second kappa shape index (κ2) is 4.67. The van der Waals surface area contributed by atoms with Gasteiger partial charge in [-0.25, -0.2) is 0 Å². The molecular formula is C11H14O2. The van der Waals surface area contributed by atoms with Crippen molar-refractivity contribution in [3.05, 3.63) is 35.4 Å². The van der Waals surface area contributed by atoms with Gasteiger partial charge in [-0.2, -0.15) is 0 Å². The zero-order valence-corrected chi connectivity index (χ0v) is 7.95. The summed E-state index contributed by atoms with van der Waals surface area (Å²) in [6.07, 6.45) is 3.59. The second-order valence-corrected chi connectivity index (χ2v) is 2.81. The molecule has 0 unspecified atom stereocenters. The van der Waals surface area contributed by atoms with Crippen molar-refractivity contribution in [1.82, 2.24) is 0 Å². The Bertz CT molecular complexity index is 303. The van der Waals surface area contributed by atoms with Gasteiger partial charge in [0.15, 0.2) is 0 Å². The van der Waals surface area contributed by atoms with E-state index in [1.165, 1.54) is 0 Å². The van der Waals surface area contributed by atoms with E-state index >= 15 is 0 Å². The lowest BCUT2D eigenvalue weighted by Crippen LogP contribution is -1.87. The van der Waals surface area contributed by atoms with Crippen molar-refractivity contribution in [1.29, 1.82) is 0 Å². The first kappa shape index (κ1) is 9.81. The Hall–Kier alpha value is -1.28. The van der Waals surface area contributed by atoms with Gasteiger partial charge in [-0.3, -0.25) is 0 Å². The molecule has 13 heavy (non-hydrogen) atoms. The SMILES string of the molecule is COc1ccc(C=CCO)cc1C. The molecule has 0 saturated carbocycles. The third kappa shape index (κ3) is 2.60. The molecule has 0 heterocycles. The molecule has 1 aromatic carbocycles. The molecule has 2 nitrogen and oxygen atoms in total. The van der Waals surface area contributed by atoms with Crippen LogP contribution in [0.5, 0.6) is 5.75 Å². The Morgan fingerprint density at radius 1 is 1.46 bits per heavy atom. The van der Waals surface area contributed by atoms with E-state index in [1.54, 1.807) is 13.2 Å². The summed E-state index contributed by atoms with van der Waals surface area (Å²) in [5, 5.41) is 8.59. The van der Waals surface area contributed by atoms with Gasteiger partial charge in [0.25, 0.3) is 0 Å². The molecule has 0 amide bonds. The Morgan fingerprint density at radius 3 is 2.77 bits per heavy atom. The summed E-state index contributed by atoms with van der Waals surface area (Å²) in [5.74, 6) is 0.890. The lowest BCUT2D eigenvalue weighted by molar-refractivity contribution is 0.343. The predicted molar refractivity (Wildman–Crippen MR) is 53.9 cm³/mol. The lowest BCUT2D eigenvalue weighted by atomic mass is 10.1. The van der Waals surface area contributed by atoms with Gasteiger partial charge < -0.3 is 9.84 Å². The Balaban J connectivity index is 2.89. The normalized spacial score (nSPS) is 10.7. The summed E-state index contributed by atoms with van der Waals surface area (Å²) in [4.78, 5) is 0. The Kier molecular flexibility index (Phi) is 3.53. The number of aryl methyl sites for hydroxylation is 1. The molecule has 1 aromatic rings. The molecule has 70 valence electrons. The average Bonchev–Trinajstić information content (AvgIpc) is 2.15. The van der Waals surface area contributed by atoms with E-state index in [9.17, 15) is 0 Å². The van der Waals surface area contributed by atoms with Crippen LogP contribution in [-0.4, -0.2) is 18.8 Å². The summed E-state index contributed by atoms with van der Waals surface area (Å²) in [7, 11) is 1.66. The molecule has 1 rings (SSSR count). The van der Waals surface area contributed by atoms with Crippen LogP contribution < -0.4 is 4.74 Å². The molecule has 0 aromatic heterocycles. The minimum atomic E-state index is 0.0745. The monoisotopic (exact) mass is 178 g/mol. The largest absolute Gasteiger partial charge is 0.496 e. The highest BCUT2D eigenvalue weighted by Crippen LogP contribution is 2.18. The highest BCUT2D eigenvalue weighted by Gasteiger charge is 1.96. The van der Waals surface area contributed by atoms with Gasteiger partial charge >= 0.3 is 0 Å². The van der Waals surface area contributed by atoms with Crippen LogP contribution in [0.15, 0.2) is 24.3 Å². The highest BCUT2D eigenvalue weighted by atomic mass is 16.5. The van der Waals surface area contributed by atoms with Crippen LogP contribution in [0.1, 0.15) is 11.1 Å². The molecule has 1 N–H and O–H groups in total. The van der Waals surface area contributed by atoms with Crippen molar-refractivity contribution in [2.45, 2.75) is 6.92 Å². The zero-order chi connectivity index (χ0) is 9.68. The Labute approximate surface area is 78.5 Å². The van der Waals surface area contributed by atoms with E-state index in [0.29, 0.717) is 0 Å². The molecule has 0 atom stereocenters. The standard InChI is InChI=1S/C11H14O2/c1-9-8-10(4-3-7-12)5-6-11(9)13-2/h3-6,8,12H,7H2,1-2H3. The van der Waals surface area contributed by atoms with Gasteiger partial charge in [0.2, 0.25) is 0 Å². The van der Waals surface area contributed by atoms with E-state index in [2.05, 4.69) is 0 Å². The smallest absolute Gasteiger partial charge is 0.121 e. The maximum Gasteiger partial charge on any atom is 0.121 e. The van der Waals surface area contributed by atoms with Crippen molar-refractivity contribution in [2.24, 2.45) is 0 Å². The first-order valence-electron chi connectivity index (χ1n) is 4.20. The van der Waals surface area contributed by atoms with Gasteiger partial charge in [0.05, 0.1) is 13.7 Å². The third-order valence-corrected chi connectivity index (χ3v) is 1.83. The third-order valence-electron chi connectivity index (χ3n) is 1.83. The van der Waals surface area contributed by atoms with E-state index in [1.807, 2.05) is 31.2 Å². The number of methoxy groups -OCH3 is 1. The quantitative estimate of drug-likeness (QED) is 0.767. The van der Waals surface area contributed by atoms with Gasteiger partial charge in [0.1, 0.15) is 5.75 Å². The van der Waals surface area contributed by atoms with E-state index in [0.717, 1.165) is 16.9 Å². The van der Waals surface area contributed by atoms with E-state index < -0.39 is 0 Å². The number of hydrogen-bond donors (Lipinski definition) is 1. The summed E-state index contributed by atoms with van der Waals surface area (Å²) in [6.45, 7) is 2.07. The summed E-state index contributed by atoms with van der Waals surface area (Å²) >= 11 is 0. The molecule has 2 heteroatoms. The van der Waals surface area contributed by atoms with Crippen LogP contribution in [0.2, 0.25) is 0 Å². The van der Waals surface area contributed by atoms with Crippen molar-refractivity contribution < 1.29 is 9.84 Å². The van der Waals surface area contributed by atoms with Crippen LogP contribution in [0.3, 0.4) is 0 Å². The topological polar surface area (TPSA) is 29.5 Å². The van der Waals surface area contributed by atoms with E-state index in [4.69, 9.17) is 9.84 Å². The minimum absolute atomic E-state index is 0.0745. The minimum Gasteiger partial charge on any atom is -0.496 e. The molecule has 0 radical (unpaired) electrons.